The minimum atomic E-state index is -1.19. The Kier molecular flexibility index (Phi) is 12.9. The van der Waals surface area contributed by atoms with E-state index < -0.39 is 28.3 Å². The van der Waals surface area contributed by atoms with Gasteiger partial charge in [-0.3, -0.25) is 9.59 Å². The van der Waals surface area contributed by atoms with Gasteiger partial charge in [-0.1, -0.05) is 99.6 Å². The van der Waals surface area contributed by atoms with E-state index in [1.807, 2.05) is 102 Å². The van der Waals surface area contributed by atoms with Crippen LogP contribution in [-0.4, -0.2) is 62.7 Å². The van der Waals surface area contributed by atoms with Gasteiger partial charge in [-0.05, 0) is 75.5 Å². The Morgan fingerprint density at radius 1 is 0.857 bits per heavy atom. The van der Waals surface area contributed by atoms with E-state index in [0.29, 0.717) is 48.8 Å². The second kappa shape index (κ2) is 15.7. The number of ether oxygens (including phenoxy) is 2. The first-order chi connectivity index (χ1) is 22.7. The molecular weight excluding hydrogens is 616 g/mol. The van der Waals surface area contributed by atoms with Gasteiger partial charge in [0, 0.05) is 31.8 Å². The lowest BCUT2D eigenvalue weighted by Crippen LogP contribution is -2.48. The van der Waals surface area contributed by atoms with Crippen molar-refractivity contribution < 1.29 is 34.4 Å². The summed E-state index contributed by atoms with van der Waals surface area (Å²) < 4.78 is 11.6. The summed E-state index contributed by atoms with van der Waals surface area (Å²) in [5.41, 5.74) is 4.47. The maximum atomic E-state index is 13.1. The molecule has 1 aliphatic heterocycles. The smallest absolute Gasteiger partial charge is 0.302 e. The number of esters is 1. The highest BCUT2D eigenvalue weighted by Crippen LogP contribution is 2.67. The van der Waals surface area contributed by atoms with Crippen LogP contribution in [0, 0.1) is 10.8 Å². The SMILES string of the molecule is CC(=O)OC1CC(C)(C)C(=C=CC(=CC=CC(C)=CC=CC=C(C)C=CC=C(C)C(=O)CC23OC2(C)CC(O)CC3(C)C)CO)C(C)(O)C1. The van der Waals surface area contributed by atoms with E-state index in [4.69, 9.17) is 9.47 Å². The Bertz CT molecular complexity index is 1530. The minimum absolute atomic E-state index is 0.0686. The molecule has 0 radical (unpaired) electrons. The number of aliphatic hydroxyl groups excluding tert-OH is 2. The highest BCUT2D eigenvalue weighted by molar-refractivity contribution is 5.96. The molecule has 5 atom stereocenters. The zero-order valence-electron chi connectivity index (χ0n) is 31.2. The summed E-state index contributed by atoms with van der Waals surface area (Å²) in [7, 11) is 0. The number of carbonyl (C=O) groups excluding carboxylic acids is 2. The number of hydrogen-bond donors (Lipinski definition) is 3. The lowest BCUT2D eigenvalue weighted by atomic mass is 9.61. The summed E-state index contributed by atoms with van der Waals surface area (Å²) in [5.74, 6) is -0.288. The standard InChI is InChI=1S/C42H58O7/c1-29(17-13-19-31(3)36(46)27-42-39(7,8)23-34(45)24-41(42,10)49-42)15-11-12-16-30(2)18-14-20-33(28-43)21-22-37-38(5,6)25-35(48-32(4)44)26-40(37,9)47/h11-21,34-35,43,45,47H,23-28H2,1-10H3. The average Bonchev–Trinajstić information content (AvgIpc) is 3.57. The molecule has 7 heteroatoms. The van der Waals surface area contributed by atoms with Gasteiger partial charge in [0.2, 0.25) is 0 Å². The predicted octanol–water partition coefficient (Wildman–Crippen LogP) is 7.66. The van der Waals surface area contributed by atoms with Crippen LogP contribution in [0.5, 0.6) is 0 Å². The molecule has 49 heavy (non-hydrogen) atoms. The topological polar surface area (TPSA) is 117 Å². The minimum Gasteiger partial charge on any atom is -0.462 e. The number of epoxide rings is 1. The number of ketones is 1. The van der Waals surface area contributed by atoms with Gasteiger partial charge in [-0.2, -0.15) is 0 Å². The molecule has 3 rings (SSSR count). The highest BCUT2D eigenvalue weighted by Gasteiger charge is 2.76. The van der Waals surface area contributed by atoms with Crippen molar-refractivity contribution in [2.24, 2.45) is 10.8 Å². The molecule has 7 nitrogen and oxygen atoms in total. The number of aliphatic hydroxyl groups is 3. The first kappa shape index (κ1) is 40.1. The van der Waals surface area contributed by atoms with E-state index in [1.165, 1.54) is 6.92 Å². The number of Topliss-reactive ketones (excluding diaryl/α,β-unsaturated/α-hetero) is 1. The number of rotatable bonds is 12. The van der Waals surface area contributed by atoms with Crippen LogP contribution < -0.4 is 0 Å². The number of hydrogen-bond acceptors (Lipinski definition) is 7. The highest BCUT2D eigenvalue weighted by atomic mass is 16.6. The molecule has 5 unspecified atom stereocenters. The maximum absolute atomic E-state index is 13.1. The van der Waals surface area contributed by atoms with Crippen molar-refractivity contribution in [3.63, 3.8) is 0 Å². The summed E-state index contributed by atoms with van der Waals surface area (Å²) >= 11 is 0. The van der Waals surface area contributed by atoms with Crippen molar-refractivity contribution in [1.82, 2.24) is 0 Å². The van der Waals surface area contributed by atoms with Crippen LogP contribution in [0.1, 0.15) is 101 Å². The molecule has 0 bridgehead atoms. The van der Waals surface area contributed by atoms with Gasteiger partial charge < -0.3 is 24.8 Å². The van der Waals surface area contributed by atoms with Crippen molar-refractivity contribution in [1.29, 1.82) is 0 Å². The molecule has 1 heterocycles. The predicted molar refractivity (Wildman–Crippen MR) is 196 cm³/mol. The van der Waals surface area contributed by atoms with Crippen LogP contribution >= 0.6 is 0 Å². The van der Waals surface area contributed by atoms with Crippen LogP contribution in [0.2, 0.25) is 0 Å². The number of carbonyl (C=O) groups is 2. The van der Waals surface area contributed by atoms with Gasteiger partial charge in [0.25, 0.3) is 0 Å². The van der Waals surface area contributed by atoms with E-state index in [0.717, 1.165) is 11.1 Å². The van der Waals surface area contributed by atoms with Crippen molar-refractivity contribution in [2.45, 2.75) is 130 Å². The van der Waals surface area contributed by atoms with Gasteiger partial charge in [0.15, 0.2) is 5.78 Å². The van der Waals surface area contributed by atoms with Crippen LogP contribution in [0.25, 0.3) is 0 Å². The summed E-state index contributed by atoms with van der Waals surface area (Å²) in [6, 6.07) is 0. The fourth-order valence-electron chi connectivity index (χ4n) is 7.81. The average molecular weight is 675 g/mol. The van der Waals surface area contributed by atoms with Crippen LogP contribution in [-0.2, 0) is 19.1 Å². The van der Waals surface area contributed by atoms with E-state index in [2.05, 4.69) is 19.6 Å². The van der Waals surface area contributed by atoms with E-state index in [-0.39, 0.29) is 29.9 Å². The molecule has 3 N–H and O–H groups in total. The second-order valence-corrected chi connectivity index (χ2v) is 15.8. The third kappa shape index (κ3) is 10.1. The lowest BCUT2D eigenvalue weighted by molar-refractivity contribution is -0.152. The van der Waals surface area contributed by atoms with Gasteiger partial charge in [0.1, 0.15) is 11.7 Å². The molecular formula is C42H58O7. The van der Waals surface area contributed by atoms with Crippen molar-refractivity contribution in [3.05, 3.63) is 100 Å². The number of allylic oxidation sites excluding steroid dienone is 13. The molecule has 1 saturated heterocycles. The van der Waals surface area contributed by atoms with Gasteiger partial charge in [0.05, 0.1) is 23.9 Å². The first-order valence-electron chi connectivity index (χ1n) is 17.3. The molecule has 3 fully saturated rings. The zero-order chi connectivity index (χ0) is 36.8. The summed E-state index contributed by atoms with van der Waals surface area (Å²) in [4.78, 5) is 24.6. The van der Waals surface area contributed by atoms with Gasteiger partial charge >= 0.3 is 5.97 Å². The van der Waals surface area contributed by atoms with Gasteiger partial charge in [-0.25, -0.2) is 0 Å². The molecule has 0 aromatic heterocycles. The molecule has 0 aromatic carbocycles. The van der Waals surface area contributed by atoms with E-state index in [1.54, 1.807) is 13.0 Å². The van der Waals surface area contributed by atoms with Crippen molar-refractivity contribution >= 4 is 11.8 Å². The maximum Gasteiger partial charge on any atom is 0.302 e. The summed E-state index contributed by atoms with van der Waals surface area (Å²) in [6.07, 6.45) is 22.6. The lowest BCUT2D eigenvalue weighted by Gasteiger charge is -2.44. The summed E-state index contributed by atoms with van der Waals surface area (Å²) in [6.45, 7) is 18.9. The fourth-order valence-corrected chi connectivity index (χ4v) is 7.81. The van der Waals surface area contributed by atoms with Gasteiger partial charge in [-0.15, -0.1) is 5.73 Å². The van der Waals surface area contributed by atoms with Crippen LogP contribution in [0.15, 0.2) is 100 Å². The largest absolute Gasteiger partial charge is 0.462 e. The summed E-state index contributed by atoms with van der Waals surface area (Å²) in [5, 5.41) is 31.3. The Morgan fingerprint density at radius 3 is 1.98 bits per heavy atom. The van der Waals surface area contributed by atoms with Crippen molar-refractivity contribution in [2.75, 3.05) is 6.61 Å². The quantitative estimate of drug-likeness (QED) is 0.0640. The van der Waals surface area contributed by atoms with E-state index in [9.17, 15) is 24.9 Å². The molecule has 0 amide bonds. The van der Waals surface area contributed by atoms with Crippen LogP contribution in [0.4, 0.5) is 0 Å². The Labute approximate surface area is 293 Å². The molecule has 0 spiro atoms. The Morgan fingerprint density at radius 2 is 1.45 bits per heavy atom. The molecule has 2 aliphatic carbocycles. The normalized spacial score (nSPS) is 32.0. The molecule has 3 aliphatic rings. The molecule has 2 saturated carbocycles. The first-order valence-corrected chi connectivity index (χ1v) is 17.3. The Balaban J connectivity index is 1.57. The number of fused-ring (bicyclic) bond motifs is 1. The van der Waals surface area contributed by atoms with E-state index >= 15 is 0 Å². The third-order valence-corrected chi connectivity index (χ3v) is 10.2. The monoisotopic (exact) mass is 674 g/mol. The van der Waals surface area contributed by atoms with Crippen LogP contribution in [0.3, 0.4) is 0 Å². The Hall–Kier alpha value is -3.32. The molecule has 268 valence electrons. The zero-order valence-corrected chi connectivity index (χ0v) is 31.2. The molecule has 0 aromatic rings. The fraction of sp³-hybridized carbons (Fsp3) is 0.548. The van der Waals surface area contributed by atoms with Crippen molar-refractivity contribution in [3.8, 4) is 0 Å². The second-order valence-electron chi connectivity index (χ2n) is 15.8. The third-order valence-electron chi connectivity index (χ3n) is 10.2.